The lowest BCUT2D eigenvalue weighted by Gasteiger charge is -2.33. The highest BCUT2D eigenvalue weighted by Crippen LogP contribution is 2.43. The van der Waals surface area contributed by atoms with Crippen molar-refractivity contribution in [2.75, 3.05) is 26.2 Å². The molecule has 3 fully saturated rings. The summed E-state index contributed by atoms with van der Waals surface area (Å²) in [5.74, 6) is -14.6. The van der Waals surface area contributed by atoms with Crippen molar-refractivity contribution in [3.8, 4) is 0 Å². The molecule has 3 aliphatic rings. The Hall–Kier alpha value is -3.76. The molecule has 1 aliphatic carbocycles. The Morgan fingerprint density at radius 3 is 2.42 bits per heavy atom. The number of hydrogen-bond donors (Lipinski definition) is 2. The van der Waals surface area contributed by atoms with Crippen LogP contribution in [-0.4, -0.2) is 85.6 Å². The molecule has 2 aliphatic heterocycles. The zero-order chi connectivity index (χ0) is 30.7. The number of nitrogens with zero attached hydrogens (tertiary/aromatic N) is 6. The van der Waals surface area contributed by atoms with Crippen LogP contribution in [0.4, 0.5) is 26.3 Å². The molecule has 17 heteroatoms. The van der Waals surface area contributed by atoms with Crippen molar-refractivity contribution in [2.24, 2.45) is 11.8 Å². The molecular formula is C26H28F6N8O3. The summed E-state index contributed by atoms with van der Waals surface area (Å²) in [5.41, 5.74) is 1.43. The Balaban J connectivity index is 1.26. The zero-order valence-electron chi connectivity index (χ0n) is 22.9. The molecule has 232 valence electrons. The smallest absolute Gasteiger partial charge is 0.329 e. The van der Waals surface area contributed by atoms with Gasteiger partial charge >= 0.3 is 11.8 Å². The molecule has 3 atom stereocenters. The molecule has 0 bridgehead atoms. The summed E-state index contributed by atoms with van der Waals surface area (Å²) in [6.45, 7) is -0.782. The first-order chi connectivity index (χ1) is 20.2. The molecule has 1 saturated carbocycles. The average molecular weight is 615 g/mol. The average Bonchev–Trinajstić information content (AvgIpc) is 3.72. The molecule has 3 aromatic heterocycles. The number of nitrogens with one attached hydrogen (secondary N) is 2. The minimum atomic E-state index is -4.31. The van der Waals surface area contributed by atoms with E-state index in [1.165, 1.54) is 17.6 Å². The number of halogens is 6. The second kappa shape index (κ2) is 10.4. The van der Waals surface area contributed by atoms with Gasteiger partial charge in [-0.05, 0) is 42.5 Å². The van der Waals surface area contributed by atoms with Crippen molar-refractivity contribution in [1.29, 1.82) is 0 Å². The highest BCUT2D eigenvalue weighted by molar-refractivity contribution is 5.93. The Morgan fingerprint density at radius 1 is 1.07 bits per heavy atom. The first kappa shape index (κ1) is 29.3. The topological polar surface area (TPSA) is 131 Å². The van der Waals surface area contributed by atoms with Crippen LogP contribution < -0.4 is 10.6 Å². The summed E-state index contributed by atoms with van der Waals surface area (Å²) in [4.78, 5) is 31.2. The summed E-state index contributed by atoms with van der Waals surface area (Å²) in [7, 11) is 0. The van der Waals surface area contributed by atoms with Crippen LogP contribution in [0.25, 0.3) is 5.65 Å². The number of carbonyl (C=O) groups excluding carboxylic acids is 2. The van der Waals surface area contributed by atoms with E-state index in [0.29, 0.717) is 21.8 Å². The van der Waals surface area contributed by atoms with Gasteiger partial charge in [0.25, 0.3) is 5.91 Å². The summed E-state index contributed by atoms with van der Waals surface area (Å²) in [6.07, 6.45) is 2.61. The van der Waals surface area contributed by atoms with Gasteiger partial charge in [-0.1, -0.05) is 5.16 Å². The molecule has 2 saturated heterocycles. The van der Waals surface area contributed by atoms with Crippen LogP contribution in [0, 0.1) is 18.8 Å². The Kier molecular flexibility index (Phi) is 7.12. The van der Waals surface area contributed by atoms with E-state index < -0.39 is 60.5 Å². The highest BCUT2D eigenvalue weighted by atomic mass is 19.3. The van der Waals surface area contributed by atoms with Gasteiger partial charge < -0.3 is 15.5 Å². The normalized spacial score (nSPS) is 25.7. The summed E-state index contributed by atoms with van der Waals surface area (Å²) in [6, 6.07) is 0.868. The van der Waals surface area contributed by atoms with Crippen LogP contribution in [0.15, 0.2) is 23.1 Å². The Morgan fingerprint density at radius 2 is 1.77 bits per heavy atom. The minimum absolute atomic E-state index is 0.0479. The molecule has 43 heavy (non-hydrogen) atoms. The monoisotopic (exact) mass is 614 g/mol. The van der Waals surface area contributed by atoms with Crippen molar-refractivity contribution < 1.29 is 40.6 Å². The fraction of sp³-hybridized carbons (Fsp3) is 0.615. The molecule has 6 rings (SSSR count). The summed E-state index contributed by atoms with van der Waals surface area (Å²) in [5, 5.41) is 17.5. The predicted octanol–water partition coefficient (Wildman–Crippen LogP) is 3.13. The largest absolute Gasteiger partial charge is 0.342 e. The highest BCUT2D eigenvalue weighted by Gasteiger charge is 2.64. The molecule has 2 unspecified atom stereocenters. The standard InChI is InChI=1S/C26H28F6N8O3/c1-13-20(38-43-37-13)22(41)36-21(14-2-4-24(27,28)5-3-14)18-10-40-19(35-18)6-15(7-34-40)16-8-33-9-17(16)23(42)39-11-25(29,30)26(31,32)12-39/h6-7,10,14,16-17,21,33H,2-5,8-9,11-12H2,1H3,(H,36,41)/t16?,17?,21-/m0/s1. The zero-order valence-corrected chi connectivity index (χ0v) is 22.9. The van der Waals surface area contributed by atoms with Gasteiger partial charge in [0.2, 0.25) is 11.8 Å². The lowest BCUT2D eigenvalue weighted by Crippen LogP contribution is -2.38. The van der Waals surface area contributed by atoms with Gasteiger partial charge in [-0.25, -0.2) is 22.9 Å². The van der Waals surface area contributed by atoms with Gasteiger partial charge in [0, 0.05) is 31.8 Å². The van der Waals surface area contributed by atoms with E-state index in [1.54, 1.807) is 12.3 Å². The van der Waals surface area contributed by atoms with Crippen molar-refractivity contribution in [3.05, 3.63) is 41.1 Å². The predicted molar refractivity (Wildman–Crippen MR) is 135 cm³/mol. The number of carbonyl (C=O) groups is 2. The third-order valence-corrected chi connectivity index (χ3v) is 8.65. The fourth-order valence-corrected chi connectivity index (χ4v) is 6.18. The van der Waals surface area contributed by atoms with Gasteiger partial charge in [-0.15, -0.1) is 0 Å². The van der Waals surface area contributed by atoms with Gasteiger partial charge in [0.1, 0.15) is 5.69 Å². The maximum absolute atomic E-state index is 14.0. The number of likely N-dealkylation sites (tertiary alicyclic amines) is 1. The Labute approximate surface area is 240 Å². The number of imidazole rings is 1. The maximum atomic E-state index is 14.0. The van der Waals surface area contributed by atoms with Crippen LogP contribution in [0.2, 0.25) is 0 Å². The van der Waals surface area contributed by atoms with Crippen LogP contribution >= 0.6 is 0 Å². The van der Waals surface area contributed by atoms with E-state index >= 15 is 0 Å². The van der Waals surface area contributed by atoms with E-state index in [4.69, 9.17) is 0 Å². The third kappa shape index (κ3) is 5.42. The molecule has 0 spiro atoms. The minimum Gasteiger partial charge on any atom is -0.342 e. The van der Waals surface area contributed by atoms with Gasteiger partial charge in [-0.3, -0.25) is 9.59 Å². The van der Waals surface area contributed by atoms with Gasteiger partial charge in [0.05, 0.1) is 43.1 Å². The van der Waals surface area contributed by atoms with Crippen LogP contribution in [0.1, 0.15) is 65.1 Å². The molecule has 11 nitrogen and oxygen atoms in total. The van der Waals surface area contributed by atoms with E-state index in [9.17, 15) is 35.9 Å². The number of fused-ring (bicyclic) bond motifs is 1. The molecule has 0 aromatic carbocycles. The quantitative estimate of drug-likeness (QED) is 0.405. The first-order valence-electron chi connectivity index (χ1n) is 13.8. The van der Waals surface area contributed by atoms with Crippen molar-refractivity contribution in [3.63, 3.8) is 0 Å². The van der Waals surface area contributed by atoms with E-state index in [0.717, 1.165) is 0 Å². The van der Waals surface area contributed by atoms with E-state index in [2.05, 4.69) is 35.7 Å². The maximum Gasteiger partial charge on any atom is 0.329 e. The lowest BCUT2D eigenvalue weighted by molar-refractivity contribution is -0.172. The fourth-order valence-electron chi connectivity index (χ4n) is 6.18. The van der Waals surface area contributed by atoms with E-state index in [-0.39, 0.29) is 56.1 Å². The number of alkyl halides is 6. The van der Waals surface area contributed by atoms with Crippen LogP contribution in [0.3, 0.4) is 0 Å². The van der Waals surface area contributed by atoms with Crippen molar-refractivity contribution in [2.45, 2.75) is 62.3 Å². The summed E-state index contributed by atoms with van der Waals surface area (Å²) >= 11 is 0. The molecule has 2 amide bonds. The number of hydrogen-bond acceptors (Lipinski definition) is 8. The third-order valence-electron chi connectivity index (χ3n) is 8.65. The van der Waals surface area contributed by atoms with Gasteiger partial charge in [0.15, 0.2) is 11.3 Å². The number of rotatable bonds is 6. The van der Waals surface area contributed by atoms with Crippen LogP contribution in [0.5, 0.6) is 0 Å². The molecular weight excluding hydrogens is 586 g/mol. The number of aromatic nitrogens is 5. The molecule has 3 aromatic rings. The lowest BCUT2D eigenvalue weighted by atomic mass is 9.81. The summed E-state index contributed by atoms with van der Waals surface area (Å²) < 4.78 is 89.1. The SMILES string of the molecule is Cc1nonc1C(=O)N[C@H](c1cn2ncc(C3CNCC3C(=O)N3CC(F)(F)C(F)(F)C3)cc2n1)C1CCC(F)(F)CC1. The molecule has 2 N–H and O–H groups in total. The second-order valence-electron chi connectivity index (χ2n) is 11.6. The van der Waals surface area contributed by atoms with Gasteiger partial charge in [-0.2, -0.15) is 22.7 Å². The van der Waals surface area contributed by atoms with Crippen molar-refractivity contribution >= 4 is 17.5 Å². The molecule has 0 radical (unpaired) electrons. The number of aryl methyl sites for hydroxylation is 1. The second-order valence-corrected chi connectivity index (χ2v) is 11.6. The van der Waals surface area contributed by atoms with Crippen LogP contribution in [-0.2, 0) is 4.79 Å². The van der Waals surface area contributed by atoms with E-state index in [1.807, 2.05) is 0 Å². The number of amides is 2. The Bertz CT molecular complexity index is 1520. The molecule has 5 heterocycles. The van der Waals surface area contributed by atoms with Crippen molar-refractivity contribution in [1.82, 2.24) is 40.4 Å². The first-order valence-corrected chi connectivity index (χ1v) is 13.8.